The van der Waals surface area contributed by atoms with Gasteiger partial charge in [-0.25, -0.2) is 4.79 Å². The second kappa shape index (κ2) is 6.09. The van der Waals surface area contributed by atoms with E-state index in [-0.39, 0.29) is 6.03 Å². The highest BCUT2D eigenvalue weighted by atomic mass is 16.5. The summed E-state index contributed by atoms with van der Waals surface area (Å²) in [6.45, 7) is 7.30. The van der Waals surface area contributed by atoms with Crippen LogP contribution >= 0.6 is 0 Å². The molecule has 6 heteroatoms. The standard InChI is InChI=1S/C16H20N4O2/c1-12-4-3-5-14(13(12)2)19-8-10-20(11-9-19)16(21)18-15-6-7-17-22-15/h3-7H,8-11H2,1-2H3,(H,18,21). The number of carbonyl (C=O) groups excluding carboxylic acids is 1. The molecule has 2 aromatic rings. The average Bonchev–Trinajstić information content (AvgIpc) is 3.03. The van der Waals surface area contributed by atoms with Crippen LogP contribution in [0, 0.1) is 13.8 Å². The first-order chi connectivity index (χ1) is 10.6. The Labute approximate surface area is 129 Å². The molecule has 0 aliphatic carbocycles. The maximum Gasteiger partial charge on any atom is 0.324 e. The number of benzene rings is 1. The Morgan fingerprint density at radius 1 is 1.18 bits per heavy atom. The third-order valence-electron chi connectivity index (χ3n) is 4.15. The summed E-state index contributed by atoms with van der Waals surface area (Å²) in [6.07, 6.45) is 1.51. The maximum atomic E-state index is 12.1. The predicted molar refractivity (Wildman–Crippen MR) is 85.2 cm³/mol. The van der Waals surface area contributed by atoms with E-state index in [1.54, 1.807) is 11.0 Å². The van der Waals surface area contributed by atoms with E-state index in [1.807, 2.05) is 0 Å². The molecule has 0 spiro atoms. The quantitative estimate of drug-likeness (QED) is 0.926. The molecule has 1 saturated heterocycles. The van der Waals surface area contributed by atoms with Crippen LogP contribution in [0.4, 0.5) is 16.4 Å². The molecule has 0 saturated carbocycles. The zero-order valence-corrected chi connectivity index (χ0v) is 12.9. The highest BCUT2D eigenvalue weighted by Gasteiger charge is 2.22. The molecule has 0 atom stereocenters. The molecule has 2 amide bonds. The Balaban J connectivity index is 1.60. The smallest absolute Gasteiger partial charge is 0.324 e. The van der Waals surface area contributed by atoms with Crippen LogP contribution in [0.2, 0.25) is 0 Å². The van der Waals surface area contributed by atoms with E-state index in [0.29, 0.717) is 19.0 Å². The zero-order valence-electron chi connectivity index (χ0n) is 12.9. The van der Waals surface area contributed by atoms with Crippen LogP contribution in [-0.2, 0) is 0 Å². The number of carbonyl (C=O) groups is 1. The Hall–Kier alpha value is -2.50. The molecular weight excluding hydrogens is 280 g/mol. The number of hydrogen-bond acceptors (Lipinski definition) is 4. The molecule has 1 aromatic carbocycles. The van der Waals surface area contributed by atoms with E-state index < -0.39 is 0 Å². The molecule has 0 unspecified atom stereocenters. The predicted octanol–water partition coefficient (Wildman–Crippen LogP) is 2.65. The van der Waals surface area contributed by atoms with Gasteiger partial charge in [0, 0.05) is 37.9 Å². The van der Waals surface area contributed by atoms with Gasteiger partial charge in [0.1, 0.15) is 0 Å². The summed E-state index contributed by atoms with van der Waals surface area (Å²) in [5, 5.41) is 6.28. The van der Waals surface area contributed by atoms with Gasteiger partial charge in [0.05, 0.1) is 6.20 Å². The second-order valence-electron chi connectivity index (χ2n) is 5.50. The Morgan fingerprint density at radius 3 is 2.64 bits per heavy atom. The van der Waals surface area contributed by atoms with E-state index in [4.69, 9.17) is 4.52 Å². The van der Waals surface area contributed by atoms with Crippen molar-refractivity contribution in [1.29, 1.82) is 0 Å². The largest absolute Gasteiger partial charge is 0.368 e. The van der Waals surface area contributed by atoms with Gasteiger partial charge in [0.2, 0.25) is 5.88 Å². The fourth-order valence-electron chi connectivity index (χ4n) is 2.69. The molecule has 2 heterocycles. The van der Waals surface area contributed by atoms with E-state index in [9.17, 15) is 4.79 Å². The number of aromatic nitrogens is 1. The Bertz CT molecular complexity index is 646. The van der Waals surface area contributed by atoms with Gasteiger partial charge in [-0.2, -0.15) is 0 Å². The van der Waals surface area contributed by atoms with Crippen LogP contribution in [0.15, 0.2) is 35.0 Å². The van der Waals surface area contributed by atoms with E-state index in [0.717, 1.165) is 13.1 Å². The van der Waals surface area contributed by atoms with Crippen molar-refractivity contribution in [2.24, 2.45) is 0 Å². The number of aryl methyl sites for hydroxylation is 1. The van der Waals surface area contributed by atoms with Crippen LogP contribution in [0.1, 0.15) is 11.1 Å². The number of amides is 2. The van der Waals surface area contributed by atoms with Crippen molar-refractivity contribution in [1.82, 2.24) is 10.1 Å². The van der Waals surface area contributed by atoms with Crippen LogP contribution in [0.5, 0.6) is 0 Å². The molecule has 1 aromatic heterocycles. The highest BCUT2D eigenvalue weighted by molar-refractivity contribution is 5.88. The van der Waals surface area contributed by atoms with Gasteiger partial charge in [-0.15, -0.1) is 0 Å². The van der Waals surface area contributed by atoms with Gasteiger partial charge in [-0.05, 0) is 31.0 Å². The van der Waals surface area contributed by atoms with Gasteiger partial charge in [-0.3, -0.25) is 5.32 Å². The van der Waals surface area contributed by atoms with Crippen LogP contribution in [0.3, 0.4) is 0 Å². The molecule has 1 fully saturated rings. The molecule has 116 valence electrons. The van der Waals surface area contributed by atoms with Gasteiger partial charge in [0.15, 0.2) is 0 Å². The lowest BCUT2D eigenvalue weighted by Gasteiger charge is -2.36. The van der Waals surface area contributed by atoms with Crippen LogP contribution in [0.25, 0.3) is 0 Å². The number of hydrogen-bond donors (Lipinski definition) is 1. The van der Waals surface area contributed by atoms with Crippen molar-refractivity contribution in [2.75, 3.05) is 36.4 Å². The van der Waals surface area contributed by atoms with Crippen molar-refractivity contribution in [3.63, 3.8) is 0 Å². The first-order valence-electron chi connectivity index (χ1n) is 7.43. The molecule has 1 aliphatic heterocycles. The second-order valence-corrected chi connectivity index (χ2v) is 5.50. The third kappa shape index (κ3) is 2.90. The molecule has 3 rings (SSSR count). The summed E-state index contributed by atoms with van der Waals surface area (Å²) in [4.78, 5) is 16.3. The van der Waals surface area contributed by atoms with Crippen molar-refractivity contribution < 1.29 is 9.32 Å². The lowest BCUT2D eigenvalue weighted by Crippen LogP contribution is -2.50. The minimum absolute atomic E-state index is 0.141. The van der Waals surface area contributed by atoms with E-state index in [1.165, 1.54) is 23.0 Å². The SMILES string of the molecule is Cc1cccc(N2CCN(C(=O)Nc3ccno3)CC2)c1C. The van der Waals surface area contributed by atoms with Crippen molar-refractivity contribution >= 4 is 17.6 Å². The molecule has 0 radical (unpaired) electrons. The molecular formula is C16H20N4O2. The number of urea groups is 1. The van der Waals surface area contributed by atoms with Gasteiger partial charge in [-0.1, -0.05) is 17.3 Å². The Kier molecular flexibility index (Phi) is 4.00. The normalized spacial score (nSPS) is 15.0. The van der Waals surface area contributed by atoms with Crippen molar-refractivity contribution in [2.45, 2.75) is 13.8 Å². The summed E-state index contributed by atoms with van der Waals surface area (Å²) in [5.41, 5.74) is 3.86. The third-order valence-corrected chi connectivity index (χ3v) is 4.15. The van der Waals surface area contributed by atoms with Crippen molar-refractivity contribution in [3.05, 3.63) is 41.6 Å². The number of anilines is 2. The number of piperazine rings is 1. The van der Waals surface area contributed by atoms with Crippen molar-refractivity contribution in [3.8, 4) is 0 Å². The van der Waals surface area contributed by atoms with Gasteiger partial charge in [0.25, 0.3) is 0 Å². The maximum absolute atomic E-state index is 12.1. The summed E-state index contributed by atoms with van der Waals surface area (Å²) < 4.78 is 4.90. The zero-order chi connectivity index (χ0) is 15.5. The fraction of sp³-hybridized carbons (Fsp3) is 0.375. The minimum Gasteiger partial charge on any atom is -0.368 e. The van der Waals surface area contributed by atoms with Crippen LogP contribution in [-0.4, -0.2) is 42.3 Å². The topological polar surface area (TPSA) is 61.6 Å². The molecule has 0 bridgehead atoms. The first kappa shape index (κ1) is 14.4. The molecule has 22 heavy (non-hydrogen) atoms. The summed E-state index contributed by atoms with van der Waals surface area (Å²) >= 11 is 0. The van der Waals surface area contributed by atoms with E-state index in [2.05, 4.69) is 47.4 Å². The lowest BCUT2D eigenvalue weighted by atomic mass is 10.1. The number of rotatable bonds is 2. The summed E-state index contributed by atoms with van der Waals surface area (Å²) in [5.74, 6) is 0.377. The number of nitrogens with zero attached hydrogens (tertiary/aromatic N) is 3. The Morgan fingerprint density at radius 2 is 1.95 bits per heavy atom. The molecule has 1 N–H and O–H groups in total. The first-order valence-corrected chi connectivity index (χ1v) is 7.43. The average molecular weight is 300 g/mol. The fourth-order valence-corrected chi connectivity index (χ4v) is 2.69. The number of nitrogens with one attached hydrogen (secondary N) is 1. The lowest BCUT2D eigenvalue weighted by molar-refractivity contribution is 0.207. The highest BCUT2D eigenvalue weighted by Crippen LogP contribution is 2.24. The van der Waals surface area contributed by atoms with Gasteiger partial charge < -0.3 is 14.3 Å². The summed E-state index contributed by atoms with van der Waals surface area (Å²) in [6, 6.07) is 7.84. The monoisotopic (exact) mass is 300 g/mol. The van der Waals surface area contributed by atoms with Gasteiger partial charge >= 0.3 is 6.03 Å². The van der Waals surface area contributed by atoms with Crippen LogP contribution < -0.4 is 10.2 Å². The minimum atomic E-state index is -0.141. The summed E-state index contributed by atoms with van der Waals surface area (Å²) in [7, 11) is 0. The molecule has 6 nitrogen and oxygen atoms in total. The molecule has 1 aliphatic rings. The van der Waals surface area contributed by atoms with E-state index >= 15 is 0 Å².